The van der Waals surface area contributed by atoms with Crippen LogP contribution in [0.25, 0.3) is 6.08 Å². The van der Waals surface area contributed by atoms with Crippen molar-refractivity contribution >= 4 is 29.6 Å². The molecule has 0 bridgehead atoms. The van der Waals surface area contributed by atoms with Gasteiger partial charge >= 0.3 is 6.03 Å². The maximum atomic E-state index is 12.9. The zero-order valence-corrected chi connectivity index (χ0v) is 19.8. The number of hydrogen-bond acceptors (Lipinski definition) is 4. The average Bonchev–Trinajstić information content (AvgIpc) is 3.07. The maximum absolute atomic E-state index is 12.9. The van der Waals surface area contributed by atoms with Crippen LogP contribution in [0.2, 0.25) is 5.02 Å². The van der Waals surface area contributed by atoms with Gasteiger partial charge in [0, 0.05) is 10.6 Å². The number of nitrogens with one attached hydrogen (secondary N) is 1. The van der Waals surface area contributed by atoms with Crippen LogP contribution in [0.1, 0.15) is 29.2 Å². The van der Waals surface area contributed by atoms with E-state index in [0.29, 0.717) is 35.3 Å². The predicted octanol–water partition coefficient (Wildman–Crippen LogP) is 5.72. The van der Waals surface area contributed by atoms with E-state index in [0.717, 1.165) is 16.7 Å². The fourth-order valence-corrected chi connectivity index (χ4v) is 3.84. The fourth-order valence-electron chi connectivity index (χ4n) is 3.65. The molecule has 0 saturated carbocycles. The van der Waals surface area contributed by atoms with Crippen LogP contribution in [0.15, 0.2) is 72.4 Å². The summed E-state index contributed by atoms with van der Waals surface area (Å²) >= 11 is 6.22. The Hall–Kier alpha value is -3.77. The molecule has 3 aromatic carbocycles. The minimum absolute atomic E-state index is 0.211. The molecule has 0 aliphatic carbocycles. The number of nitrogens with zero attached hydrogens (tertiary/aromatic N) is 1. The smallest absolute Gasteiger partial charge is 0.329 e. The second-order valence-electron chi connectivity index (χ2n) is 7.89. The number of rotatable bonds is 8. The van der Waals surface area contributed by atoms with Crippen molar-refractivity contribution in [3.8, 4) is 11.5 Å². The largest absolute Gasteiger partial charge is 0.490 e. The lowest BCUT2D eigenvalue weighted by Crippen LogP contribution is -2.30. The van der Waals surface area contributed by atoms with Gasteiger partial charge in [-0.15, -0.1) is 0 Å². The highest BCUT2D eigenvalue weighted by molar-refractivity contribution is 6.31. The van der Waals surface area contributed by atoms with Gasteiger partial charge in [0.2, 0.25) is 0 Å². The molecule has 34 heavy (non-hydrogen) atoms. The highest BCUT2D eigenvalue weighted by atomic mass is 35.5. The Balaban J connectivity index is 1.51. The molecule has 4 rings (SSSR count). The van der Waals surface area contributed by atoms with E-state index >= 15 is 0 Å². The molecule has 3 amide bonds. The number of carbonyl (C=O) groups excluding carboxylic acids is 2. The van der Waals surface area contributed by atoms with Gasteiger partial charge in [0.25, 0.3) is 5.91 Å². The first-order chi connectivity index (χ1) is 16.4. The van der Waals surface area contributed by atoms with Crippen molar-refractivity contribution in [1.82, 2.24) is 10.2 Å². The van der Waals surface area contributed by atoms with Crippen LogP contribution in [0, 0.1) is 6.92 Å². The minimum Gasteiger partial charge on any atom is -0.490 e. The molecule has 1 saturated heterocycles. The van der Waals surface area contributed by atoms with Crippen molar-refractivity contribution in [2.75, 3.05) is 6.61 Å². The van der Waals surface area contributed by atoms with E-state index in [4.69, 9.17) is 21.1 Å². The Kier molecular flexibility index (Phi) is 7.18. The molecule has 3 aromatic rings. The van der Waals surface area contributed by atoms with Gasteiger partial charge in [-0.3, -0.25) is 9.69 Å². The number of hydrogen-bond donors (Lipinski definition) is 1. The summed E-state index contributed by atoms with van der Waals surface area (Å²) in [6, 6.07) is 20.1. The van der Waals surface area contributed by atoms with Gasteiger partial charge in [0.05, 0.1) is 13.2 Å². The number of amides is 3. The Morgan fingerprint density at radius 2 is 1.79 bits per heavy atom. The molecule has 1 N–H and O–H groups in total. The first kappa shape index (κ1) is 23.4. The summed E-state index contributed by atoms with van der Waals surface area (Å²) in [6.45, 7) is 4.80. The Morgan fingerprint density at radius 1 is 0.971 bits per heavy atom. The van der Waals surface area contributed by atoms with E-state index in [1.807, 2.05) is 62.4 Å². The lowest BCUT2D eigenvalue weighted by Gasteiger charge is -2.13. The van der Waals surface area contributed by atoms with Crippen molar-refractivity contribution < 1.29 is 19.1 Å². The first-order valence-electron chi connectivity index (χ1n) is 11.0. The zero-order valence-electron chi connectivity index (χ0n) is 19.0. The SMILES string of the molecule is CCOc1cc(/C=C2/NC(=O)N(Cc3cccc(C)c3)C2=O)ccc1OCc1ccccc1Cl. The summed E-state index contributed by atoms with van der Waals surface area (Å²) in [5.74, 6) is 0.729. The van der Waals surface area contributed by atoms with Gasteiger partial charge in [0.1, 0.15) is 12.3 Å². The minimum atomic E-state index is -0.442. The van der Waals surface area contributed by atoms with Crippen molar-refractivity contribution in [2.45, 2.75) is 27.0 Å². The van der Waals surface area contributed by atoms with E-state index in [2.05, 4.69) is 5.32 Å². The van der Waals surface area contributed by atoms with Crippen LogP contribution in [-0.4, -0.2) is 23.4 Å². The summed E-state index contributed by atoms with van der Waals surface area (Å²) in [5, 5.41) is 3.30. The van der Waals surface area contributed by atoms with Crippen LogP contribution in [0.4, 0.5) is 4.79 Å². The fraction of sp³-hybridized carbons (Fsp3) is 0.185. The van der Waals surface area contributed by atoms with Crippen molar-refractivity contribution in [3.63, 3.8) is 0 Å². The van der Waals surface area contributed by atoms with Gasteiger partial charge in [-0.05, 0) is 49.2 Å². The number of aryl methyl sites for hydroxylation is 1. The number of ether oxygens (including phenoxy) is 2. The summed E-state index contributed by atoms with van der Waals surface area (Å²) < 4.78 is 11.7. The number of halogens is 1. The molecule has 0 unspecified atom stereocenters. The van der Waals surface area contributed by atoms with Gasteiger partial charge in [-0.2, -0.15) is 0 Å². The Labute approximate surface area is 203 Å². The highest BCUT2D eigenvalue weighted by Gasteiger charge is 2.33. The summed E-state index contributed by atoms with van der Waals surface area (Å²) in [7, 11) is 0. The topological polar surface area (TPSA) is 67.9 Å². The van der Waals surface area contributed by atoms with Crippen LogP contribution in [-0.2, 0) is 17.9 Å². The first-order valence-corrected chi connectivity index (χ1v) is 11.4. The maximum Gasteiger partial charge on any atom is 0.329 e. The van der Waals surface area contributed by atoms with E-state index in [-0.39, 0.29) is 18.1 Å². The molecular formula is C27H25ClN2O4. The lowest BCUT2D eigenvalue weighted by molar-refractivity contribution is -0.123. The molecular weight excluding hydrogens is 452 g/mol. The molecule has 1 heterocycles. The molecule has 1 aliphatic rings. The monoisotopic (exact) mass is 476 g/mol. The second-order valence-corrected chi connectivity index (χ2v) is 8.29. The number of imide groups is 1. The van der Waals surface area contributed by atoms with E-state index < -0.39 is 6.03 Å². The normalized spacial score (nSPS) is 14.4. The summed E-state index contributed by atoms with van der Waals surface area (Å²) in [4.78, 5) is 26.5. The molecule has 0 aromatic heterocycles. The molecule has 7 heteroatoms. The zero-order chi connectivity index (χ0) is 24.1. The van der Waals surface area contributed by atoms with Crippen molar-refractivity contribution in [3.05, 3.63) is 99.7 Å². The number of benzene rings is 3. The summed E-state index contributed by atoms with van der Waals surface area (Å²) in [5.41, 5.74) is 3.74. The van der Waals surface area contributed by atoms with Crippen molar-refractivity contribution in [1.29, 1.82) is 0 Å². The number of urea groups is 1. The highest BCUT2D eigenvalue weighted by Crippen LogP contribution is 2.31. The lowest BCUT2D eigenvalue weighted by atomic mass is 10.1. The standard InChI is InChI=1S/C27H25ClN2O4/c1-3-33-25-15-19(11-12-24(25)34-17-21-9-4-5-10-22(21)28)14-23-26(31)30(27(32)29-23)16-20-8-6-7-18(2)13-20/h4-15H,3,16-17H2,1-2H3,(H,29,32)/b23-14+. The molecule has 0 atom stereocenters. The Morgan fingerprint density at radius 3 is 2.56 bits per heavy atom. The van der Waals surface area contributed by atoms with Crippen LogP contribution < -0.4 is 14.8 Å². The molecule has 174 valence electrons. The van der Waals surface area contributed by atoms with E-state index in [9.17, 15) is 9.59 Å². The van der Waals surface area contributed by atoms with Gasteiger partial charge < -0.3 is 14.8 Å². The molecule has 0 radical (unpaired) electrons. The third-order valence-electron chi connectivity index (χ3n) is 5.31. The van der Waals surface area contributed by atoms with Crippen LogP contribution >= 0.6 is 11.6 Å². The predicted molar refractivity (Wildman–Crippen MR) is 132 cm³/mol. The number of carbonyl (C=O) groups is 2. The molecule has 1 aliphatic heterocycles. The van der Waals surface area contributed by atoms with E-state index in [1.165, 1.54) is 4.90 Å². The average molecular weight is 477 g/mol. The van der Waals surface area contributed by atoms with Crippen molar-refractivity contribution in [2.24, 2.45) is 0 Å². The quantitative estimate of drug-likeness (QED) is 0.333. The van der Waals surface area contributed by atoms with Gasteiger partial charge in [0.15, 0.2) is 11.5 Å². The van der Waals surface area contributed by atoms with E-state index in [1.54, 1.807) is 24.3 Å². The third-order valence-corrected chi connectivity index (χ3v) is 5.67. The summed E-state index contributed by atoms with van der Waals surface area (Å²) in [6.07, 6.45) is 1.64. The third kappa shape index (κ3) is 5.41. The van der Waals surface area contributed by atoms with Crippen LogP contribution in [0.3, 0.4) is 0 Å². The Bertz CT molecular complexity index is 1250. The second kappa shape index (κ2) is 10.4. The van der Waals surface area contributed by atoms with Gasteiger partial charge in [-0.1, -0.05) is 65.7 Å². The molecule has 1 fully saturated rings. The van der Waals surface area contributed by atoms with Crippen LogP contribution in [0.5, 0.6) is 11.5 Å². The molecule has 6 nitrogen and oxygen atoms in total. The molecule has 0 spiro atoms. The van der Waals surface area contributed by atoms with Gasteiger partial charge in [-0.25, -0.2) is 4.79 Å².